The van der Waals surface area contributed by atoms with Gasteiger partial charge in [-0.15, -0.1) is 0 Å². The lowest BCUT2D eigenvalue weighted by atomic mass is 10.1. The Hall–Kier alpha value is -2.70. The number of hydrogen-bond acceptors (Lipinski definition) is 3. The molecule has 2 rings (SSSR count). The molecule has 1 aromatic carbocycles. The molecule has 0 bridgehead atoms. The van der Waals surface area contributed by atoms with Crippen LogP contribution in [0.25, 0.3) is 0 Å². The van der Waals surface area contributed by atoms with Crippen LogP contribution in [0.4, 0.5) is 10.1 Å². The van der Waals surface area contributed by atoms with Crippen molar-refractivity contribution in [3.63, 3.8) is 0 Å². The van der Waals surface area contributed by atoms with Crippen LogP contribution >= 0.6 is 0 Å². The van der Waals surface area contributed by atoms with Crippen molar-refractivity contribution in [2.75, 3.05) is 0 Å². The Morgan fingerprint density at radius 3 is 2.80 bits per heavy atom. The Balaban J connectivity index is 2.19. The molecule has 104 valence electrons. The lowest BCUT2D eigenvalue weighted by Gasteiger charge is -2.07. The number of aryl methyl sites for hydroxylation is 1. The third-order valence-corrected chi connectivity index (χ3v) is 2.88. The van der Waals surface area contributed by atoms with Crippen LogP contribution in [0, 0.1) is 15.9 Å². The number of nitrogens with one attached hydrogen (secondary N) is 1. The maximum atomic E-state index is 13.1. The molecule has 1 N–H and O–H groups in total. The van der Waals surface area contributed by atoms with Gasteiger partial charge in [-0.3, -0.25) is 14.9 Å². The second kappa shape index (κ2) is 5.52. The largest absolute Gasteiger partial charge is 0.353 e. The van der Waals surface area contributed by atoms with Crippen LogP contribution in [-0.2, 0) is 13.6 Å². The quantitative estimate of drug-likeness (QED) is 0.686. The van der Waals surface area contributed by atoms with Crippen molar-refractivity contribution in [2.45, 2.75) is 6.54 Å². The van der Waals surface area contributed by atoms with E-state index in [0.29, 0.717) is 0 Å². The van der Waals surface area contributed by atoms with Gasteiger partial charge in [-0.1, -0.05) is 0 Å². The van der Waals surface area contributed by atoms with E-state index in [9.17, 15) is 19.3 Å². The predicted molar refractivity (Wildman–Crippen MR) is 69.6 cm³/mol. The standard InChI is InChI=1S/C13H12FN3O3/c1-16-6-2-3-10(16)8-15-13(18)11-7-9(14)4-5-12(11)17(19)20/h2-7H,8H2,1H3,(H,15,18). The normalized spacial score (nSPS) is 10.3. The fourth-order valence-corrected chi connectivity index (χ4v) is 1.80. The number of carbonyl (C=O) groups is 1. The van der Waals surface area contributed by atoms with Crippen molar-refractivity contribution in [2.24, 2.45) is 7.05 Å². The molecule has 0 unspecified atom stereocenters. The second-order valence-electron chi connectivity index (χ2n) is 4.21. The molecule has 20 heavy (non-hydrogen) atoms. The molecule has 0 aliphatic carbocycles. The molecule has 1 amide bonds. The first-order valence-electron chi connectivity index (χ1n) is 5.81. The molecule has 0 fully saturated rings. The molecular formula is C13H12FN3O3. The highest BCUT2D eigenvalue weighted by Gasteiger charge is 2.20. The monoisotopic (exact) mass is 277 g/mol. The third-order valence-electron chi connectivity index (χ3n) is 2.88. The van der Waals surface area contributed by atoms with Gasteiger partial charge in [0.2, 0.25) is 0 Å². The van der Waals surface area contributed by atoms with E-state index in [2.05, 4.69) is 5.32 Å². The number of halogens is 1. The van der Waals surface area contributed by atoms with Gasteiger partial charge in [0.25, 0.3) is 11.6 Å². The van der Waals surface area contributed by atoms with Gasteiger partial charge in [0.1, 0.15) is 11.4 Å². The van der Waals surface area contributed by atoms with Gasteiger partial charge in [0.05, 0.1) is 11.5 Å². The molecule has 0 aliphatic rings. The van der Waals surface area contributed by atoms with E-state index in [-0.39, 0.29) is 12.1 Å². The van der Waals surface area contributed by atoms with Crippen molar-refractivity contribution < 1.29 is 14.1 Å². The van der Waals surface area contributed by atoms with Gasteiger partial charge in [-0.25, -0.2) is 4.39 Å². The summed E-state index contributed by atoms with van der Waals surface area (Å²) in [5.74, 6) is -1.38. The number of benzene rings is 1. The van der Waals surface area contributed by atoms with E-state index in [0.717, 1.165) is 23.9 Å². The number of nitro groups is 1. The molecule has 1 heterocycles. The molecule has 0 atom stereocenters. The van der Waals surface area contributed by atoms with Gasteiger partial charge in [0, 0.05) is 25.0 Å². The second-order valence-corrected chi connectivity index (χ2v) is 4.21. The molecule has 0 radical (unpaired) electrons. The van der Waals surface area contributed by atoms with Crippen LogP contribution in [0.5, 0.6) is 0 Å². The van der Waals surface area contributed by atoms with Crippen LogP contribution in [0.1, 0.15) is 16.1 Å². The maximum absolute atomic E-state index is 13.1. The summed E-state index contributed by atoms with van der Waals surface area (Å²) >= 11 is 0. The molecule has 0 saturated carbocycles. The van der Waals surface area contributed by atoms with E-state index in [1.54, 1.807) is 10.6 Å². The number of aromatic nitrogens is 1. The van der Waals surface area contributed by atoms with Crippen molar-refractivity contribution in [1.29, 1.82) is 0 Å². The average molecular weight is 277 g/mol. The van der Waals surface area contributed by atoms with E-state index < -0.39 is 22.3 Å². The summed E-state index contributed by atoms with van der Waals surface area (Å²) in [5, 5.41) is 13.4. The van der Waals surface area contributed by atoms with Gasteiger partial charge >= 0.3 is 0 Å². The molecular weight excluding hydrogens is 265 g/mol. The summed E-state index contributed by atoms with van der Waals surface area (Å²) in [6.07, 6.45) is 1.81. The number of hydrogen-bond donors (Lipinski definition) is 1. The smallest absolute Gasteiger partial charge is 0.282 e. The minimum atomic E-state index is -0.711. The summed E-state index contributed by atoms with van der Waals surface area (Å²) in [6.45, 7) is 0.204. The molecule has 0 saturated heterocycles. The van der Waals surface area contributed by atoms with Crippen LogP contribution in [0.2, 0.25) is 0 Å². The van der Waals surface area contributed by atoms with E-state index in [4.69, 9.17) is 0 Å². The van der Waals surface area contributed by atoms with Crippen LogP contribution in [-0.4, -0.2) is 15.4 Å². The van der Waals surface area contributed by atoms with Crippen molar-refractivity contribution in [1.82, 2.24) is 9.88 Å². The lowest BCUT2D eigenvalue weighted by molar-refractivity contribution is -0.385. The number of carbonyl (C=O) groups excluding carboxylic acids is 1. The number of nitro benzene ring substituents is 1. The molecule has 6 nitrogen and oxygen atoms in total. The van der Waals surface area contributed by atoms with E-state index >= 15 is 0 Å². The molecule has 2 aromatic rings. The highest BCUT2D eigenvalue weighted by molar-refractivity contribution is 5.98. The van der Waals surface area contributed by atoms with Gasteiger partial charge in [-0.2, -0.15) is 0 Å². The van der Waals surface area contributed by atoms with Crippen molar-refractivity contribution >= 4 is 11.6 Å². The summed E-state index contributed by atoms with van der Waals surface area (Å²) in [6, 6.07) is 6.41. The summed E-state index contributed by atoms with van der Waals surface area (Å²) in [4.78, 5) is 22.0. The first-order valence-corrected chi connectivity index (χ1v) is 5.81. The van der Waals surface area contributed by atoms with Gasteiger partial charge in [0.15, 0.2) is 0 Å². The van der Waals surface area contributed by atoms with Crippen LogP contribution < -0.4 is 5.32 Å². The Morgan fingerprint density at radius 2 is 2.20 bits per heavy atom. The first-order chi connectivity index (χ1) is 9.49. The summed E-state index contributed by atoms with van der Waals surface area (Å²) in [7, 11) is 1.81. The third kappa shape index (κ3) is 2.82. The highest BCUT2D eigenvalue weighted by Crippen LogP contribution is 2.19. The van der Waals surface area contributed by atoms with Gasteiger partial charge < -0.3 is 9.88 Å². The summed E-state index contributed by atoms with van der Waals surface area (Å²) < 4.78 is 14.9. The molecule has 0 aliphatic heterocycles. The van der Waals surface area contributed by atoms with Crippen molar-refractivity contribution in [3.05, 3.63) is 63.7 Å². The zero-order valence-electron chi connectivity index (χ0n) is 10.7. The first kappa shape index (κ1) is 13.7. The highest BCUT2D eigenvalue weighted by atomic mass is 19.1. The Morgan fingerprint density at radius 1 is 1.45 bits per heavy atom. The molecule has 1 aromatic heterocycles. The number of amides is 1. The topological polar surface area (TPSA) is 77.2 Å². The van der Waals surface area contributed by atoms with Gasteiger partial charge in [-0.05, 0) is 24.3 Å². The Bertz CT molecular complexity index is 667. The molecule has 7 heteroatoms. The van der Waals surface area contributed by atoms with E-state index in [1.165, 1.54) is 0 Å². The van der Waals surface area contributed by atoms with Crippen molar-refractivity contribution in [3.8, 4) is 0 Å². The van der Waals surface area contributed by atoms with E-state index in [1.807, 2.05) is 19.3 Å². The molecule has 0 spiro atoms. The minimum Gasteiger partial charge on any atom is -0.353 e. The number of nitrogens with zero attached hydrogens (tertiary/aromatic N) is 2. The zero-order chi connectivity index (χ0) is 14.7. The Labute approximate surface area is 114 Å². The SMILES string of the molecule is Cn1cccc1CNC(=O)c1cc(F)ccc1[N+](=O)[O-]. The average Bonchev–Trinajstić information content (AvgIpc) is 2.81. The zero-order valence-corrected chi connectivity index (χ0v) is 10.7. The maximum Gasteiger partial charge on any atom is 0.282 e. The summed E-state index contributed by atoms with van der Waals surface area (Å²) in [5.41, 5.74) is 0.123. The minimum absolute atomic E-state index is 0.204. The van der Waals surface area contributed by atoms with Crippen LogP contribution in [0.3, 0.4) is 0 Å². The fourth-order valence-electron chi connectivity index (χ4n) is 1.80. The Kier molecular flexibility index (Phi) is 3.79. The number of rotatable bonds is 4. The fraction of sp³-hybridized carbons (Fsp3) is 0.154. The lowest BCUT2D eigenvalue weighted by Crippen LogP contribution is -2.24. The van der Waals surface area contributed by atoms with Crippen LogP contribution in [0.15, 0.2) is 36.5 Å². The predicted octanol–water partition coefficient (Wildman–Crippen LogP) is 2.00.